The van der Waals surface area contributed by atoms with E-state index in [-0.39, 0.29) is 0 Å². The number of carboxylic acids is 1. The minimum atomic E-state index is -0.891. The number of carboxylic acid groups (broad SMARTS) is 1. The molecule has 1 aliphatic rings. The second kappa shape index (κ2) is 4.00. The molecule has 2 rings (SSSR count). The van der Waals surface area contributed by atoms with Gasteiger partial charge in [0.25, 0.3) is 0 Å². The summed E-state index contributed by atoms with van der Waals surface area (Å²) in [5, 5.41) is 8.80. The number of methoxy groups -OCH3 is 1. The molecule has 3 heteroatoms. The van der Waals surface area contributed by atoms with E-state index in [4.69, 9.17) is 9.84 Å². The molecule has 1 aromatic rings. The normalized spacial score (nSPS) is 20.9. The number of hydrogen-bond acceptors (Lipinski definition) is 2. The van der Waals surface area contributed by atoms with Gasteiger partial charge in [-0.3, -0.25) is 0 Å². The van der Waals surface area contributed by atoms with Crippen molar-refractivity contribution in [2.24, 2.45) is 0 Å². The SMILES string of the molecule is COc1cccc2c1C(C)C/C2=C\C(=O)O. The van der Waals surface area contributed by atoms with Crippen molar-refractivity contribution in [1.29, 1.82) is 0 Å². The predicted octanol–water partition coefficient (Wildman–Crippen LogP) is 2.67. The Hall–Kier alpha value is -1.77. The fourth-order valence-corrected chi connectivity index (χ4v) is 2.34. The van der Waals surface area contributed by atoms with Crippen LogP contribution >= 0.6 is 0 Å². The molecule has 0 saturated carbocycles. The van der Waals surface area contributed by atoms with E-state index in [1.54, 1.807) is 7.11 Å². The fourth-order valence-electron chi connectivity index (χ4n) is 2.34. The summed E-state index contributed by atoms with van der Waals surface area (Å²) in [4.78, 5) is 10.7. The molecule has 0 bridgehead atoms. The summed E-state index contributed by atoms with van der Waals surface area (Å²) in [6.45, 7) is 2.09. The number of allylic oxidation sites excluding steroid dienone is 1. The van der Waals surface area contributed by atoms with Gasteiger partial charge in [0.2, 0.25) is 0 Å². The Bertz CT molecular complexity index is 460. The van der Waals surface area contributed by atoms with Crippen LogP contribution in [0.2, 0.25) is 0 Å². The van der Waals surface area contributed by atoms with Crippen molar-refractivity contribution in [3.05, 3.63) is 35.4 Å². The number of rotatable bonds is 2. The molecule has 0 saturated heterocycles. The van der Waals surface area contributed by atoms with E-state index >= 15 is 0 Å². The topological polar surface area (TPSA) is 46.5 Å². The summed E-state index contributed by atoms with van der Waals surface area (Å²) in [5.41, 5.74) is 3.01. The summed E-state index contributed by atoms with van der Waals surface area (Å²) in [6.07, 6.45) is 2.06. The first kappa shape index (κ1) is 10.7. The van der Waals surface area contributed by atoms with Crippen molar-refractivity contribution in [3.8, 4) is 5.75 Å². The Labute approximate surface area is 94.4 Å². The third-order valence-corrected chi connectivity index (χ3v) is 2.95. The predicted molar refractivity (Wildman–Crippen MR) is 61.6 cm³/mol. The Balaban J connectivity index is 2.55. The second-order valence-corrected chi connectivity index (χ2v) is 4.03. The Morgan fingerprint density at radius 2 is 2.31 bits per heavy atom. The van der Waals surface area contributed by atoms with Crippen LogP contribution in [0.4, 0.5) is 0 Å². The fraction of sp³-hybridized carbons (Fsp3) is 0.308. The molecule has 1 atom stereocenters. The maximum atomic E-state index is 10.7. The van der Waals surface area contributed by atoms with Crippen LogP contribution in [-0.2, 0) is 4.79 Å². The van der Waals surface area contributed by atoms with Crippen molar-refractivity contribution in [2.45, 2.75) is 19.3 Å². The van der Waals surface area contributed by atoms with Gasteiger partial charge in [-0.1, -0.05) is 19.1 Å². The standard InChI is InChI=1S/C13H14O3/c1-8-6-9(7-12(14)15)10-4-3-5-11(16-2)13(8)10/h3-5,7-8H,6H2,1-2H3,(H,14,15)/b9-7+. The van der Waals surface area contributed by atoms with Gasteiger partial charge in [-0.15, -0.1) is 0 Å². The molecule has 1 N–H and O–H groups in total. The summed E-state index contributed by atoms with van der Waals surface area (Å²) < 4.78 is 5.31. The highest BCUT2D eigenvalue weighted by atomic mass is 16.5. The molecule has 0 heterocycles. The van der Waals surface area contributed by atoms with Crippen molar-refractivity contribution in [2.75, 3.05) is 7.11 Å². The molecular formula is C13H14O3. The number of aliphatic carboxylic acids is 1. The molecule has 16 heavy (non-hydrogen) atoms. The van der Waals surface area contributed by atoms with Crippen molar-refractivity contribution in [3.63, 3.8) is 0 Å². The van der Waals surface area contributed by atoms with Gasteiger partial charge in [0.15, 0.2) is 0 Å². The second-order valence-electron chi connectivity index (χ2n) is 4.03. The lowest BCUT2D eigenvalue weighted by Crippen LogP contribution is -1.93. The maximum absolute atomic E-state index is 10.7. The summed E-state index contributed by atoms with van der Waals surface area (Å²) >= 11 is 0. The zero-order chi connectivity index (χ0) is 11.7. The van der Waals surface area contributed by atoms with E-state index in [1.165, 1.54) is 6.08 Å². The first-order chi connectivity index (χ1) is 7.63. The van der Waals surface area contributed by atoms with Gasteiger partial charge < -0.3 is 9.84 Å². The molecule has 0 radical (unpaired) electrons. The van der Waals surface area contributed by atoms with E-state index in [9.17, 15) is 4.79 Å². The quantitative estimate of drug-likeness (QED) is 0.776. The number of fused-ring (bicyclic) bond motifs is 1. The van der Waals surface area contributed by atoms with E-state index in [0.29, 0.717) is 5.92 Å². The van der Waals surface area contributed by atoms with Crippen LogP contribution in [0.25, 0.3) is 5.57 Å². The zero-order valence-electron chi connectivity index (χ0n) is 9.36. The monoisotopic (exact) mass is 218 g/mol. The third kappa shape index (κ3) is 1.69. The highest BCUT2D eigenvalue weighted by Gasteiger charge is 2.26. The summed E-state index contributed by atoms with van der Waals surface area (Å²) in [6, 6.07) is 5.76. The maximum Gasteiger partial charge on any atom is 0.328 e. The summed E-state index contributed by atoms with van der Waals surface area (Å²) in [5.74, 6) is 0.272. The Kier molecular flexibility index (Phi) is 2.69. The number of benzene rings is 1. The van der Waals surface area contributed by atoms with Crippen molar-refractivity contribution >= 4 is 11.5 Å². The van der Waals surface area contributed by atoms with E-state index in [1.807, 2.05) is 18.2 Å². The van der Waals surface area contributed by atoms with Crippen LogP contribution in [-0.4, -0.2) is 18.2 Å². The molecule has 0 aliphatic heterocycles. The lowest BCUT2D eigenvalue weighted by Gasteiger charge is -2.09. The van der Waals surface area contributed by atoms with Crippen LogP contribution in [0.1, 0.15) is 30.4 Å². The molecule has 0 amide bonds. The van der Waals surface area contributed by atoms with Gasteiger partial charge in [-0.25, -0.2) is 4.79 Å². The minimum absolute atomic E-state index is 0.316. The molecule has 84 valence electrons. The van der Waals surface area contributed by atoms with Gasteiger partial charge in [0.05, 0.1) is 7.11 Å². The first-order valence-electron chi connectivity index (χ1n) is 5.24. The van der Waals surface area contributed by atoms with Gasteiger partial charge in [-0.2, -0.15) is 0 Å². The average molecular weight is 218 g/mol. The Morgan fingerprint density at radius 1 is 1.56 bits per heavy atom. The van der Waals surface area contributed by atoms with Crippen LogP contribution < -0.4 is 4.74 Å². The van der Waals surface area contributed by atoms with Crippen molar-refractivity contribution < 1.29 is 14.6 Å². The van der Waals surface area contributed by atoms with Crippen LogP contribution in [0.15, 0.2) is 24.3 Å². The highest BCUT2D eigenvalue weighted by Crippen LogP contribution is 2.45. The first-order valence-corrected chi connectivity index (χ1v) is 5.24. The van der Waals surface area contributed by atoms with E-state index in [0.717, 1.165) is 28.9 Å². The molecule has 1 aromatic carbocycles. The van der Waals surface area contributed by atoms with Gasteiger partial charge in [0.1, 0.15) is 5.75 Å². The average Bonchev–Trinajstić information content (AvgIpc) is 2.55. The molecular weight excluding hydrogens is 204 g/mol. The van der Waals surface area contributed by atoms with E-state index in [2.05, 4.69) is 6.92 Å². The lowest BCUT2D eigenvalue weighted by atomic mass is 10.0. The molecule has 3 nitrogen and oxygen atoms in total. The zero-order valence-corrected chi connectivity index (χ0v) is 9.36. The third-order valence-electron chi connectivity index (χ3n) is 2.95. The van der Waals surface area contributed by atoms with Crippen molar-refractivity contribution in [1.82, 2.24) is 0 Å². The minimum Gasteiger partial charge on any atom is -0.496 e. The lowest BCUT2D eigenvalue weighted by molar-refractivity contribution is -0.131. The van der Waals surface area contributed by atoms with Gasteiger partial charge in [0, 0.05) is 11.6 Å². The van der Waals surface area contributed by atoms with Gasteiger partial charge in [-0.05, 0) is 29.5 Å². The Morgan fingerprint density at radius 3 is 2.94 bits per heavy atom. The van der Waals surface area contributed by atoms with Crippen LogP contribution in [0, 0.1) is 0 Å². The van der Waals surface area contributed by atoms with Crippen LogP contribution in [0.5, 0.6) is 5.75 Å². The van der Waals surface area contributed by atoms with Gasteiger partial charge >= 0.3 is 5.97 Å². The number of ether oxygens (including phenoxy) is 1. The molecule has 1 unspecified atom stereocenters. The summed E-state index contributed by atoms with van der Waals surface area (Å²) in [7, 11) is 1.64. The number of carbonyl (C=O) groups is 1. The largest absolute Gasteiger partial charge is 0.496 e. The molecule has 1 aliphatic carbocycles. The van der Waals surface area contributed by atoms with E-state index < -0.39 is 5.97 Å². The molecule has 0 aromatic heterocycles. The van der Waals surface area contributed by atoms with Crippen LogP contribution in [0.3, 0.4) is 0 Å². The smallest absolute Gasteiger partial charge is 0.328 e. The number of hydrogen-bond donors (Lipinski definition) is 1. The molecule has 0 fully saturated rings. The highest BCUT2D eigenvalue weighted by molar-refractivity contribution is 5.92. The molecule has 0 spiro atoms.